The fraction of sp³-hybridized carbons (Fsp3) is 1.00. The van der Waals surface area contributed by atoms with Crippen molar-refractivity contribution in [1.29, 1.82) is 0 Å². The Morgan fingerprint density at radius 1 is 1.40 bits per heavy atom. The Kier molecular flexibility index (Phi) is 0.854. The first-order chi connectivity index (χ1) is 4.86. The van der Waals surface area contributed by atoms with Gasteiger partial charge in [-0.15, -0.1) is 0 Å². The first-order valence-corrected chi connectivity index (χ1v) is 4.19. The van der Waals surface area contributed by atoms with Crippen molar-refractivity contribution in [3.05, 3.63) is 0 Å². The van der Waals surface area contributed by atoms with E-state index in [1.807, 2.05) is 0 Å². The number of nitrogens with one attached hydrogen (secondary N) is 1. The van der Waals surface area contributed by atoms with E-state index in [2.05, 4.69) is 5.73 Å². The zero-order valence-electron chi connectivity index (χ0n) is 6.05. The molecule has 1 unspecified atom stereocenters. The second-order valence-electron chi connectivity index (χ2n) is 3.80. The van der Waals surface area contributed by atoms with Gasteiger partial charge in [0.1, 0.15) is 12.6 Å². The van der Waals surface area contributed by atoms with E-state index in [9.17, 15) is 0 Å². The molecule has 3 heterocycles. The molecular formula is C7H14N2O+2. The Balaban J connectivity index is 2.01. The zero-order valence-corrected chi connectivity index (χ0v) is 6.05. The van der Waals surface area contributed by atoms with Crippen LogP contribution in [0.2, 0.25) is 0 Å². The second-order valence-corrected chi connectivity index (χ2v) is 3.80. The Morgan fingerprint density at radius 2 is 2.30 bits per heavy atom. The Morgan fingerprint density at radius 3 is 2.90 bits per heavy atom. The zero-order chi connectivity index (χ0) is 6.72. The van der Waals surface area contributed by atoms with Gasteiger partial charge in [-0.3, -0.25) is 0 Å². The van der Waals surface area contributed by atoms with Crippen LogP contribution in [-0.4, -0.2) is 37.4 Å². The molecule has 3 saturated heterocycles. The molecule has 3 rings (SSSR count). The predicted octanol–water partition coefficient (Wildman–Crippen LogP) is -2.96. The summed E-state index contributed by atoms with van der Waals surface area (Å²) in [4.78, 5) is 1.77. The van der Waals surface area contributed by atoms with Gasteiger partial charge in [0, 0.05) is 6.42 Å². The van der Waals surface area contributed by atoms with Gasteiger partial charge in [0.25, 0.3) is 0 Å². The number of morpholine rings is 1. The average Bonchev–Trinajstić information content (AvgIpc) is 2.44. The van der Waals surface area contributed by atoms with E-state index in [1.165, 1.54) is 19.5 Å². The molecule has 56 valence electrons. The average molecular weight is 142 g/mol. The van der Waals surface area contributed by atoms with Crippen molar-refractivity contribution >= 4 is 0 Å². The van der Waals surface area contributed by atoms with Crippen molar-refractivity contribution in [3.8, 4) is 0 Å². The van der Waals surface area contributed by atoms with Gasteiger partial charge >= 0.3 is 0 Å². The highest BCUT2D eigenvalue weighted by Crippen LogP contribution is 2.26. The summed E-state index contributed by atoms with van der Waals surface area (Å²) < 4.78 is 5.78. The number of fused-ring (bicyclic) bond motifs is 1. The Hall–Kier alpha value is -0.120. The smallest absolute Gasteiger partial charge is 0.171 e. The third-order valence-electron chi connectivity index (χ3n) is 3.37. The summed E-state index contributed by atoms with van der Waals surface area (Å²) in [6.07, 6.45) is 2.37. The Bertz CT molecular complexity index is 156. The first-order valence-electron chi connectivity index (χ1n) is 4.19. The molecule has 2 bridgehead atoms. The highest BCUT2D eigenvalue weighted by atomic mass is 16.5. The molecule has 0 aromatic rings. The van der Waals surface area contributed by atoms with E-state index < -0.39 is 0 Å². The van der Waals surface area contributed by atoms with Crippen LogP contribution < -0.4 is 10.6 Å². The van der Waals surface area contributed by atoms with Crippen LogP contribution in [0.3, 0.4) is 0 Å². The van der Waals surface area contributed by atoms with Crippen molar-refractivity contribution in [2.24, 2.45) is 0 Å². The van der Waals surface area contributed by atoms with Gasteiger partial charge in [0.15, 0.2) is 18.2 Å². The van der Waals surface area contributed by atoms with Crippen LogP contribution in [0.4, 0.5) is 0 Å². The van der Waals surface area contributed by atoms with Crippen molar-refractivity contribution in [2.45, 2.75) is 30.7 Å². The lowest BCUT2D eigenvalue weighted by molar-refractivity contribution is -0.911. The number of hydrogen-bond acceptors (Lipinski definition) is 1. The van der Waals surface area contributed by atoms with Gasteiger partial charge in [-0.1, -0.05) is 0 Å². The van der Waals surface area contributed by atoms with Crippen LogP contribution >= 0.6 is 0 Å². The molecule has 0 amide bonds. The Labute approximate surface area is 60.1 Å². The summed E-state index contributed by atoms with van der Waals surface area (Å²) in [5.41, 5.74) is 4.16. The number of ether oxygens (including phenoxy) is 1. The fourth-order valence-corrected chi connectivity index (χ4v) is 2.92. The van der Waals surface area contributed by atoms with E-state index in [0.29, 0.717) is 18.2 Å². The summed E-state index contributed by atoms with van der Waals surface area (Å²) >= 11 is 0. The van der Waals surface area contributed by atoms with E-state index in [1.54, 1.807) is 4.90 Å². The number of rotatable bonds is 0. The molecule has 4 N–H and O–H groups in total. The maximum Gasteiger partial charge on any atom is 0.171 e. The molecule has 3 fully saturated rings. The second kappa shape index (κ2) is 1.55. The molecule has 3 aliphatic heterocycles. The summed E-state index contributed by atoms with van der Waals surface area (Å²) in [5, 5.41) is 0. The standard InChI is InChI=1S/C7H12N2O/c8-6-5-3-9-2-1-4(10-5)7(6)9/h4-7H,1-3,8H2/p+2/t4-,5+,6-,7+/m1/s1. The van der Waals surface area contributed by atoms with Gasteiger partial charge in [-0.25, -0.2) is 0 Å². The molecule has 10 heavy (non-hydrogen) atoms. The molecule has 0 aromatic carbocycles. The quantitative estimate of drug-likeness (QED) is 0.373. The van der Waals surface area contributed by atoms with Gasteiger partial charge in [-0.05, 0) is 0 Å². The van der Waals surface area contributed by atoms with Gasteiger partial charge < -0.3 is 15.4 Å². The third-order valence-corrected chi connectivity index (χ3v) is 3.37. The monoisotopic (exact) mass is 142 g/mol. The number of hydrogen-bond donors (Lipinski definition) is 2. The highest BCUT2D eigenvalue weighted by Gasteiger charge is 2.62. The van der Waals surface area contributed by atoms with E-state index in [-0.39, 0.29) is 0 Å². The van der Waals surface area contributed by atoms with Crippen molar-refractivity contribution < 1.29 is 15.4 Å². The van der Waals surface area contributed by atoms with Crippen molar-refractivity contribution in [1.82, 2.24) is 0 Å². The normalized spacial score (nSPS) is 63.9. The third kappa shape index (κ3) is 0.447. The van der Waals surface area contributed by atoms with E-state index in [0.717, 1.165) is 6.04 Å². The SMILES string of the molecule is [NH3+][C@H]1[C@@H]2[C@H]3CC[NH+]2C[C@@H]1O3. The summed E-state index contributed by atoms with van der Waals surface area (Å²) in [6.45, 7) is 2.56. The minimum absolute atomic E-state index is 0.507. The molecule has 0 saturated carbocycles. The minimum atomic E-state index is 0.507. The fourth-order valence-electron chi connectivity index (χ4n) is 2.92. The molecule has 0 aliphatic carbocycles. The summed E-state index contributed by atoms with van der Waals surface area (Å²) in [6, 6.07) is 1.37. The minimum Gasteiger partial charge on any atom is -0.356 e. The molecule has 0 radical (unpaired) electrons. The lowest BCUT2D eigenvalue weighted by Crippen LogP contribution is -3.14. The van der Waals surface area contributed by atoms with Gasteiger partial charge in [0.2, 0.25) is 0 Å². The molecule has 3 heteroatoms. The van der Waals surface area contributed by atoms with Gasteiger partial charge in [-0.2, -0.15) is 0 Å². The molecular weight excluding hydrogens is 128 g/mol. The van der Waals surface area contributed by atoms with Crippen LogP contribution in [0.25, 0.3) is 0 Å². The first kappa shape index (κ1) is 5.52. The van der Waals surface area contributed by atoms with Crippen molar-refractivity contribution in [3.63, 3.8) is 0 Å². The topological polar surface area (TPSA) is 41.3 Å². The van der Waals surface area contributed by atoms with Crippen LogP contribution in [0.1, 0.15) is 6.42 Å². The van der Waals surface area contributed by atoms with Crippen LogP contribution in [0.5, 0.6) is 0 Å². The van der Waals surface area contributed by atoms with Crippen molar-refractivity contribution in [2.75, 3.05) is 13.1 Å². The molecule has 0 aromatic heterocycles. The maximum atomic E-state index is 5.78. The number of quaternary nitrogens is 2. The van der Waals surface area contributed by atoms with Crippen LogP contribution in [0, 0.1) is 0 Å². The largest absolute Gasteiger partial charge is 0.356 e. The van der Waals surface area contributed by atoms with Crippen LogP contribution in [0.15, 0.2) is 0 Å². The molecule has 3 nitrogen and oxygen atoms in total. The molecule has 0 spiro atoms. The summed E-state index contributed by atoms with van der Waals surface area (Å²) in [5.74, 6) is 0. The lowest BCUT2D eigenvalue weighted by Gasteiger charge is -2.16. The molecule has 5 atom stereocenters. The lowest BCUT2D eigenvalue weighted by atomic mass is 10.1. The van der Waals surface area contributed by atoms with Crippen LogP contribution in [-0.2, 0) is 4.74 Å². The van der Waals surface area contributed by atoms with E-state index in [4.69, 9.17) is 4.74 Å². The predicted molar refractivity (Wildman–Crippen MR) is 34.4 cm³/mol. The van der Waals surface area contributed by atoms with E-state index >= 15 is 0 Å². The maximum absolute atomic E-state index is 5.78. The molecule has 3 aliphatic rings. The van der Waals surface area contributed by atoms with Gasteiger partial charge in [0.05, 0.1) is 6.54 Å². The highest BCUT2D eigenvalue weighted by molar-refractivity contribution is 4.97. The summed E-state index contributed by atoms with van der Waals surface area (Å²) in [7, 11) is 0.